The van der Waals surface area contributed by atoms with Crippen molar-refractivity contribution in [3.8, 4) is 11.5 Å². The van der Waals surface area contributed by atoms with Crippen LogP contribution in [0.25, 0.3) is 0 Å². The third kappa shape index (κ3) is 3.54. The highest BCUT2D eigenvalue weighted by Gasteiger charge is 2.21. The van der Waals surface area contributed by atoms with E-state index >= 15 is 0 Å². The lowest BCUT2D eigenvalue weighted by molar-refractivity contribution is -0.133. The number of methoxy groups -OCH3 is 1. The molecule has 0 bridgehead atoms. The highest BCUT2D eigenvalue weighted by atomic mass is 32.2. The standard InChI is InChI=1S/C16H16O3S/c1-18-13-9-6-10-14(11-13)19-16(17)15(20-2)12-7-4-3-5-8-12/h3-11,15H,1-2H3. The molecule has 0 amide bonds. The first kappa shape index (κ1) is 14.5. The van der Waals surface area contributed by atoms with E-state index in [0.717, 1.165) is 5.56 Å². The fraction of sp³-hybridized carbons (Fsp3) is 0.188. The lowest BCUT2D eigenvalue weighted by Gasteiger charge is -2.14. The molecule has 0 fully saturated rings. The van der Waals surface area contributed by atoms with Gasteiger partial charge in [0.1, 0.15) is 16.7 Å². The second-order valence-electron chi connectivity index (χ2n) is 4.13. The zero-order chi connectivity index (χ0) is 14.4. The van der Waals surface area contributed by atoms with Crippen LogP contribution in [0.1, 0.15) is 10.8 Å². The molecule has 0 saturated carbocycles. The Bertz CT molecular complexity index is 569. The summed E-state index contributed by atoms with van der Waals surface area (Å²) < 4.78 is 10.5. The predicted molar refractivity (Wildman–Crippen MR) is 81.3 cm³/mol. The van der Waals surface area contributed by atoms with Gasteiger partial charge in [0.15, 0.2) is 0 Å². The van der Waals surface area contributed by atoms with Crippen LogP contribution in [0.3, 0.4) is 0 Å². The first-order chi connectivity index (χ1) is 9.74. The number of thioether (sulfide) groups is 1. The molecule has 0 saturated heterocycles. The van der Waals surface area contributed by atoms with E-state index in [1.807, 2.05) is 36.6 Å². The summed E-state index contributed by atoms with van der Waals surface area (Å²) in [5.74, 6) is 0.872. The van der Waals surface area contributed by atoms with Crippen LogP contribution in [0.15, 0.2) is 54.6 Å². The fourth-order valence-electron chi connectivity index (χ4n) is 1.83. The van der Waals surface area contributed by atoms with Gasteiger partial charge in [0, 0.05) is 6.07 Å². The Morgan fingerprint density at radius 3 is 2.40 bits per heavy atom. The van der Waals surface area contributed by atoms with Crippen molar-refractivity contribution in [3.05, 3.63) is 60.2 Å². The molecule has 2 aromatic rings. The molecule has 2 rings (SSSR count). The third-order valence-electron chi connectivity index (χ3n) is 2.81. The highest BCUT2D eigenvalue weighted by Crippen LogP contribution is 2.29. The van der Waals surface area contributed by atoms with E-state index < -0.39 is 0 Å². The number of carbonyl (C=O) groups is 1. The predicted octanol–water partition coefficient (Wildman–Crippen LogP) is 3.70. The molecule has 104 valence electrons. The van der Waals surface area contributed by atoms with Gasteiger partial charge < -0.3 is 9.47 Å². The van der Waals surface area contributed by atoms with Gasteiger partial charge in [-0.1, -0.05) is 36.4 Å². The quantitative estimate of drug-likeness (QED) is 0.621. The number of ether oxygens (including phenoxy) is 2. The fourth-order valence-corrected chi connectivity index (χ4v) is 2.50. The largest absolute Gasteiger partial charge is 0.497 e. The van der Waals surface area contributed by atoms with Crippen molar-refractivity contribution >= 4 is 17.7 Å². The second kappa shape index (κ2) is 7.01. The van der Waals surface area contributed by atoms with E-state index in [0.29, 0.717) is 11.5 Å². The van der Waals surface area contributed by atoms with Gasteiger partial charge in [-0.25, -0.2) is 0 Å². The maximum atomic E-state index is 12.3. The molecule has 0 aromatic heterocycles. The first-order valence-corrected chi connectivity index (χ1v) is 7.47. The maximum Gasteiger partial charge on any atom is 0.328 e. The molecule has 1 atom stereocenters. The van der Waals surface area contributed by atoms with Gasteiger partial charge in [-0.3, -0.25) is 4.79 Å². The Balaban J connectivity index is 2.13. The minimum Gasteiger partial charge on any atom is -0.497 e. The summed E-state index contributed by atoms with van der Waals surface area (Å²) in [5.41, 5.74) is 0.938. The van der Waals surface area contributed by atoms with Crippen molar-refractivity contribution in [1.29, 1.82) is 0 Å². The minimum atomic E-state index is -0.331. The Morgan fingerprint density at radius 2 is 1.75 bits per heavy atom. The van der Waals surface area contributed by atoms with Crippen molar-refractivity contribution in [3.63, 3.8) is 0 Å². The van der Waals surface area contributed by atoms with E-state index in [9.17, 15) is 4.79 Å². The third-order valence-corrected chi connectivity index (χ3v) is 3.75. The topological polar surface area (TPSA) is 35.5 Å². The van der Waals surface area contributed by atoms with Crippen molar-refractivity contribution in [2.75, 3.05) is 13.4 Å². The number of rotatable bonds is 5. The molecule has 0 heterocycles. The SMILES string of the molecule is COc1cccc(OC(=O)C(SC)c2ccccc2)c1. The average Bonchev–Trinajstić information content (AvgIpc) is 2.49. The summed E-state index contributed by atoms with van der Waals surface area (Å²) in [5, 5.41) is -0.331. The molecule has 0 spiro atoms. The van der Waals surface area contributed by atoms with Gasteiger partial charge in [0.2, 0.25) is 0 Å². The molecule has 0 aliphatic heterocycles. The smallest absolute Gasteiger partial charge is 0.328 e. The molecular formula is C16H16O3S. The Labute approximate surface area is 122 Å². The molecule has 0 aliphatic carbocycles. The van der Waals surface area contributed by atoms with Gasteiger partial charge in [0.25, 0.3) is 0 Å². The molecular weight excluding hydrogens is 272 g/mol. The van der Waals surface area contributed by atoms with E-state index in [1.165, 1.54) is 11.8 Å². The molecule has 4 heteroatoms. The van der Waals surface area contributed by atoms with E-state index in [-0.39, 0.29) is 11.2 Å². The van der Waals surface area contributed by atoms with Crippen molar-refractivity contribution < 1.29 is 14.3 Å². The average molecular weight is 288 g/mol. The maximum absolute atomic E-state index is 12.3. The molecule has 2 aromatic carbocycles. The van der Waals surface area contributed by atoms with Gasteiger partial charge in [0.05, 0.1) is 7.11 Å². The van der Waals surface area contributed by atoms with Crippen molar-refractivity contribution in [1.82, 2.24) is 0 Å². The van der Waals surface area contributed by atoms with E-state index in [4.69, 9.17) is 9.47 Å². The van der Waals surface area contributed by atoms with Gasteiger partial charge in [-0.15, -0.1) is 11.8 Å². The molecule has 0 aliphatic rings. The summed E-state index contributed by atoms with van der Waals surface area (Å²) in [6.07, 6.45) is 1.89. The number of hydrogen-bond acceptors (Lipinski definition) is 4. The van der Waals surface area contributed by atoms with Gasteiger partial charge in [-0.05, 0) is 24.0 Å². The van der Waals surface area contributed by atoms with Crippen LogP contribution in [0.5, 0.6) is 11.5 Å². The van der Waals surface area contributed by atoms with Gasteiger partial charge in [-0.2, -0.15) is 0 Å². The Kier molecular flexibility index (Phi) is 5.07. The molecule has 0 N–H and O–H groups in total. The molecule has 1 unspecified atom stereocenters. The van der Waals surface area contributed by atoms with Crippen LogP contribution < -0.4 is 9.47 Å². The lowest BCUT2D eigenvalue weighted by Crippen LogP contribution is -2.16. The van der Waals surface area contributed by atoms with E-state index in [1.54, 1.807) is 31.4 Å². The summed E-state index contributed by atoms with van der Waals surface area (Å²) >= 11 is 1.45. The number of carbonyl (C=O) groups excluding carboxylic acids is 1. The highest BCUT2D eigenvalue weighted by molar-refractivity contribution is 7.99. The van der Waals surface area contributed by atoms with Crippen molar-refractivity contribution in [2.45, 2.75) is 5.25 Å². The van der Waals surface area contributed by atoms with Crippen LogP contribution >= 0.6 is 11.8 Å². The summed E-state index contributed by atoms with van der Waals surface area (Å²) in [4.78, 5) is 12.3. The normalized spacial score (nSPS) is 11.7. The summed E-state index contributed by atoms with van der Waals surface area (Å²) in [6, 6.07) is 16.6. The molecule has 3 nitrogen and oxygen atoms in total. The Hall–Kier alpha value is -1.94. The first-order valence-electron chi connectivity index (χ1n) is 6.18. The Morgan fingerprint density at radius 1 is 1.05 bits per heavy atom. The van der Waals surface area contributed by atoms with Crippen LogP contribution in [0, 0.1) is 0 Å². The summed E-state index contributed by atoms with van der Waals surface area (Å²) in [7, 11) is 1.58. The monoisotopic (exact) mass is 288 g/mol. The minimum absolute atomic E-state index is 0.281. The van der Waals surface area contributed by atoms with Gasteiger partial charge >= 0.3 is 5.97 Å². The van der Waals surface area contributed by atoms with Crippen LogP contribution in [0.4, 0.5) is 0 Å². The second-order valence-corrected chi connectivity index (χ2v) is 5.07. The molecule has 0 radical (unpaired) electrons. The zero-order valence-corrected chi connectivity index (χ0v) is 12.2. The number of hydrogen-bond donors (Lipinski definition) is 0. The van der Waals surface area contributed by atoms with Crippen molar-refractivity contribution in [2.24, 2.45) is 0 Å². The summed E-state index contributed by atoms with van der Waals surface area (Å²) in [6.45, 7) is 0. The molecule has 20 heavy (non-hydrogen) atoms. The van der Waals surface area contributed by atoms with Crippen LogP contribution in [0.2, 0.25) is 0 Å². The lowest BCUT2D eigenvalue weighted by atomic mass is 10.1. The number of esters is 1. The van der Waals surface area contributed by atoms with Crippen LogP contribution in [-0.2, 0) is 4.79 Å². The van der Waals surface area contributed by atoms with Crippen LogP contribution in [-0.4, -0.2) is 19.3 Å². The number of benzene rings is 2. The zero-order valence-electron chi connectivity index (χ0n) is 11.4. The van der Waals surface area contributed by atoms with E-state index in [2.05, 4.69) is 0 Å².